The van der Waals surface area contributed by atoms with E-state index in [1.807, 2.05) is 0 Å². The molecule has 0 bridgehead atoms. The Morgan fingerprint density at radius 2 is 1.86 bits per heavy atom. The molecule has 2 rings (SSSR count). The fourth-order valence-electron chi connectivity index (χ4n) is 3.33. The van der Waals surface area contributed by atoms with Crippen LogP contribution in [-0.2, 0) is 4.79 Å². The Kier molecular flexibility index (Phi) is 5.48. The summed E-state index contributed by atoms with van der Waals surface area (Å²) in [6.45, 7) is -0.0919. The molecule has 1 amide bonds. The van der Waals surface area contributed by atoms with Gasteiger partial charge in [0, 0.05) is 31.6 Å². The molecule has 2 atom stereocenters. The zero-order valence-electron chi connectivity index (χ0n) is 12.2. The van der Waals surface area contributed by atoms with Crippen molar-refractivity contribution in [3.8, 4) is 0 Å². The summed E-state index contributed by atoms with van der Waals surface area (Å²) in [5, 5.41) is 2.95. The molecule has 0 aromatic carbocycles. The predicted octanol–water partition coefficient (Wildman–Crippen LogP) is 1.65. The van der Waals surface area contributed by atoms with E-state index in [0.717, 1.165) is 19.3 Å². The smallest absolute Gasteiger partial charge is 0.353 e. The molecule has 0 aromatic rings. The van der Waals surface area contributed by atoms with Gasteiger partial charge in [0.15, 0.2) is 0 Å². The molecule has 0 aromatic heterocycles. The minimum atomic E-state index is -4.14. The van der Waals surface area contributed by atoms with Crippen LogP contribution in [0.3, 0.4) is 0 Å². The summed E-state index contributed by atoms with van der Waals surface area (Å²) in [6, 6.07) is 0.115. The molecule has 0 unspecified atom stereocenters. The van der Waals surface area contributed by atoms with Crippen LogP contribution < -0.4 is 11.1 Å². The predicted molar refractivity (Wildman–Crippen MR) is 73.6 cm³/mol. The Bertz CT molecular complexity index is 354. The number of carbonyl (C=O) groups is 1. The van der Waals surface area contributed by atoms with Crippen LogP contribution in [0.25, 0.3) is 0 Å². The lowest BCUT2D eigenvalue weighted by molar-refractivity contribution is -0.148. The molecule has 0 radical (unpaired) electrons. The summed E-state index contributed by atoms with van der Waals surface area (Å²) in [5.74, 6) is 0.252. The van der Waals surface area contributed by atoms with Gasteiger partial charge in [-0.1, -0.05) is 6.42 Å². The molecule has 1 aliphatic heterocycles. The van der Waals surface area contributed by atoms with E-state index in [9.17, 15) is 18.0 Å². The second kappa shape index (κ2) is 6.96. The first-order chi connectivity index (χ1) is 9.83. The van der Waals surface area contributed by atoms with Crippen molar-refractivity contribution in [1.29, 1.82) is 0 Å². The van der Waals surface area contributed by atoms with Gasteiger partial charge in [-0.25, -0.2) is 0 Å². The van der Waals surface area contributed by atoms with Gasteiger partial charge in [0.1, 0.15) is 0 Å². The normalized spacial score (nSPS) is 28.8. The van der Waals surface area contributed by atoms with E-state index >= 15 is 0 Å². The Hall–Kier alpha value is -0.820. The molecule has 2 fully saturated rings. The van der Waals surface area contributed by atoms with Gasteiger partial charge < -0.3 is 11.1 Å². The highest BCUT2D eigenvalue weighted by Gasteiger charge is 2.33. The molecule has 4 nitrogen and oxygen atoms in total. The van der Waals surface area contributed by atoms with Gasteiger partial charge in [0.05, 0.1) is 6.54 Å². The van der Waals surface area contributed by atoms with Crippen molar-refractivity contribution in [3.05, 3.63) is 0 Å². The molecule has 122 valence electrons. The van der Waals surface area contributed by atoms with E-state index in [1.54, 1.807) is 0 Å². The zero-order chi connectivity index (χ0) is 15.5. The number of halogens is 3. The van der Waals surface area contributed by atoms with E-state index in [-0.39, 0.29) is 23.9 Å². The lowest BCUT2D eigenvalue weighted by Crippen LogP contribution is -2.47. The van der Waals surface area contributed by atoms with Crippen molar-refractivity contribution >= 4 is 5.91 Å². The maximum absolute atomic E-state index is 12.3. The van der Waals surface area contributed by atoms with Gasteiger partial charge >= 0.3 is 6.18 Å². The van der Waals surface area contributed by atoms with Crippen LogP contribution in [0.1, 0.15) is 38.5 Å². The van der Waals surface area contributed by atoms with Gasteiger partial charge in [-0.2, -0.15) is 13.2 Å². The average Bonchev–Trinajstić information content (AvgIpc) is 2.76. The first kappa shape index (κ1) is 16.5. The highest BCUT2D eigenvalue weighted by molar-refractivity contribution is 5.76. The lowest BCUT2D eigenvalue weighted by atomic mass is 9.98. The van der Waals surface area contributed by atoms with Gasteiger partial charge in [-0.3, -0.25) is 9.69 Å². The molecule has 0 spiro atoms. The highest BCUT2D eigenvalue weighted by Crippen LogP contribution is 2.27. The van der Waals surface area contributed by atoms with Crippen LogP contribution in [0.15, 0.2) is 0 Å². The Balaban J connectivity index is 1.67. The number of amides is 1. The molecule has 1 heterocycles. The summed E-state index contributed by atoms with van der Waals surface area (Å²) >= 11 is 0. The average molecular weight is 307 g/mol. The first-order valence-electron chi connectivity index (χ1n) is 7.67. The Morgan fingerprint density at radius 1 is 1.19 bits per heavy atom. The van der Waals surface area contributed by atoms with Crippen LogP contribution in [-0.4, -0.2) is 48.7 Å². The SMILES string of the molecule is N[C@@H]1CCC[C@H]1CC(=O)NC1CCN(CC(F)(F)F)CC1. The molecule has 7 heteroatoms. The van der Waals surface area contributed by atoms with E-state index in [0.29, 0.717) is 32.4 Å². The largest absolute Gasteiger partial charge is 0.401 e. The number of rotatable bonds is 4. The summed E-state index contributed by atoms with van der Waals surface area (Å²) in [6.07, 6.45) is 0.525. The summed E-state index contributed by atoms with van der Waals surface area (Å²) in [5.41, 5.74) is 5.94. The van der Waals surface area contributed by atoms with Gasteiger partial charge in [0.25, 0.3) is 0 Å². The number of nitrogens with one attached hydrogen (secondary N) is 1. The number of carbonyl (C=O) groups excluding carboxylic acids is 1. The third-order valence-electron chi connectivity index (χ3n) is 4.52. The van der Waals surface area contributed by atoms with E-state index in [1.165, 1.54) is 4.90 Å². The third-order valence-corrected chi connectivity index (χ3v) is 4.52. The van der Waals surface area contributed by atoms with E-state index < -0.39 is 12.7 Å². The molecule has 2 aliphatic rings. The van der Waals surface area contributed by atoms with Crippen LogP contribution in [0, 0.1) is 5.92 Å². The van der Waals surface area contributed by atoms with Crippen molar-refractivity contribution in [1.82, 2.24) is 10.2 Å². The standard InChI is InChI=1S/C14H24F3N3O/c15-14(16,17)9-20-6-4-11(5-7-20)19-13(21)8-10-2-1-3-12(10)18/h10-12H,1-9,18H2,(H,19,21)/t10-,12+/m0/s1. The molecule has 1 aliphatic carbocycles. The van der Waals surface area contributed by atoms with Crippen molar-refractivity contribution in [3.63, 3.8) is 0 Å². The second-order valence-electron chi connectivity index (χ2n) is 6.29. The molecule has 1 saturated carbocycles. The third kappa shape index (κ3) is 5.47. The van der Waals surface area contributed by atoms with Crippen LogP contribution in [0.4, 0.5) is 13.2 Å². The van der Waals surface area contributed by atoms with Crippen LogP contribution >= 0.6 is 0 Å². The van der Waals surface area contributed by atoms with Crippen molar-refractivity contribution in [2.45, 2.75) is 56.8 Å². The Morgan fingerprint density at radius 3 is 2.38 bits per heavy atom. The molecular weight excluding hydrogens is 283 g/mol. The van der Waals surface area contributed by atoms with Gasteiger partial charge in [-0.05, 0) is 31.6 Å². The molecule has 21 heavy (non-hydrogen) atoms. The first-order valence-corrected chi connectivity index (χ1v) is 7.67. The number of alkyl halides is 3. The second-order valence-corrected chi connectivity index (χ2v) is 6.29. The van der Waals surface area contributed by atoms with Crippen LogP contribution in [0.5, 0.6) is 0 Å². The number of nitrogens with zero attached hydrogens (tertiary/aromatic N) is 1. The molecule has 1 saturated heterocycles. The number of hydrogen-bond acceptors (Lipinski definition) is 3. The van der Waals surface area contributed by atoms with Crippen molar-refractivity contribution < 1.29 is 18.0 Å². The summed E-state index contributed by atoms with van der Waals surface area (Å²) in [7, 11) is 0. The zero-order valence-corrected chi connectivity index (χ0v) is 12.2. The summed E-state index contributed by atoms with van der Waals surface area (Å²) in [4.78, 5) is 13.4. The lowest BCUT2D eigenvalue weighted by Gasteiger charge is -2.33. The molecule has 3 N–H and O–H groups in total. The van der Waals surface area contributed by atoms with Gasteiger partial charge in [-0.15, -0.1) is 0 Å². The van der Waals surface area contributed by atoms with E-state index in [4.69, 9.17) is 5.73 Å². The number of hydrogen-bond donors (Lipinski definition) is 2. The maximum Gasteiger partial charge on any atom is 0.401 e. The molecular formula is C14H24F3N3O. The van der Waals surface area contributed by atoms with Crippen molar-refractivity contribution in [2.75, 3.05) is 19.6 Å². The number of nitrogens with two attached hydrogens (primary N) is 1. The van der Waals surface area contributed by atoms with Gasteiger partial charge in [0.2, 0.25) is 5.91 Å². The number of likely N-dealkylation sites (tertiary alicyclic amines) is 1. The van der Waals surface area contributed by atoms with E-state index in [2.05, 4.69) is 5.32 Å². The van der Waals surface area contributed by atoms with Crippen molar-refractivity contribution in [2.24, 2.45) is 11.7 Å². The maximum atomic E-state index is 12.3. The minimum absolute atomic E-state index is 0.000360. The van der Waals surface area contributed by atoms with Crippen LogP contribution in [0.2, 0.25) is 0 Å². The number of piperidine rings is 1. The Labute approximate surface area is 123 Å². The minimum Gasteiger partial charge on any atom is -0.353 e. The monoisotopic (exact) mass is 307 g/mol. The summed E-state index contributed by atoms with van der Waals surface area (Å²) < 4.78 is 36.9. The quantitative estimate of drug-likeness (QED) is 0.830. The topological polar surface area (TPSA) is 58.4 Å². The fraction of sp³-hybridized carbons (Fsp3) is 0.929. The highest BCUT2D eigenvalue weighted by atomic mass is 19.4. The fourth-order valence-corrected chi connectivity index (χ4v) is 3.33.